The summed E-state index contributed by atoms with van der Waals surface area (Å²) in [5, 5.41) is 2.46. The van der Waals surface area contributed by atoms with Crippen LogP contribution in [0.2, 0.25) is 0 Å². The Hall–Kier alpha value is -2.23. The fourth-order valence-corrected chi connectivity index (χ4v) is 2.39. The molecule has 4 heteroatoms. The van der Waals surface area contributed by atoms with Crippen molar-refractivity contribution in [3.8, 4) is 11.3 Å². The molecule has 0 saturated carbocycles. The second-order valence-electron chi connectivity index (χ2n) is 4.80. The van der Waals surface area contributed by atoms with Crippen molar-refractivity contribution in [1.82, 2.24) is 5.32 Å². The fraction of sp³-hybridized carbons (Fsp3) is 0.353. The molecule has 0 fully saturated rings. The molecule has 0 atom stereocenters. The average molecular weight is 287 g/mol. The normalized spacial score (nSPS) is 10.4. The Bertz CT molecular complexity index is 603. The maximum Gasteiger partial charge on any atom is 0.407 e. The van der Waals surface area contributed by atoms with Crippen molar-refractivity contribution in [3.63, 3.8) is 0 Å². The van der Waals surface area contributed by atoms with E-state index in [-0.39, 0.29) is 6.61 Å². The van der Waals surface area contributed by atoms with Gasteiger partial charge in [-0.15, -0.1) is 0 Å². The zero-order chi connectivity index (χ0) is 15.2. The molecule has 4 nitrogen and oxygen atoms in total. The molecule has 21 heavy (non-hydrogen) atoms. The Balaban J connectivity index is 2.46. The third-order valence-corrected chi connectivity index (χ3v) is 3.48. The molecule has 0 bridgehead atoms. The van der Waals surface area contributed by atoms with Gasteiger partial charge in [-0.2, -0.15) is 0 Å². The monoisotopic (exact) mass is 287 g/mol. The Morgan fingerprint density at radius 1 is 1.24 bits per heavy atom. The minimum absolute atomic E-state index is 0.233. The van der Waals surface area contributed by atoms with Crippen LogP contribution in [0.4, 0.5) is 4.79 Å². The number of ether oxygens (including phenoxy) is 1. The summed E-state index contributed by atoms with van der Waals surface area (Å²) in [6.45, 7) is 4.46. The second kappa shape index (κ2) is 6.97. The van der Waals surface area contributed by atoms with Gasteiger partial charge in [0.25, 0.3) is 0 Å². The third-order valence-electron chi connectivity index (χ3n) is 3.48. The third kappa shape index (κ3) is 3.45. The number of furan rings is 1. The zero-order valence-electron chi connectivity index (χ0n) is 12.7. The molecule has 0 unspecified atom stereocenters. The first-order valence-corrected chi connectivity index (χ1v) is 7.22. The van der Waals surface area contributed by atoms with Crippen LogP contribution in [0.25, 0.3) is 11.3 Å². The van der Waals surface area contributed by atoms with E-state index in [0.29, 0.717) is 0 Å². The number of nitrogens with one attached hydrogen (secondary N) is 1. The second-order valence-corrected chi connectivity index (χ2v) is 4.80. The Morgan fingerprint density at radius 3 is 2.57 bits per heavy atom. The van der Waals surface area contributed by atoms with E-state index in [4.69, 9.17) is 9.15 Å². The molecule has 0 radical (unpaired) electrons. The highest BCUT2D eigenvalue weighted by molar-refractivity contribution is 5.69. The van der Waals surface area contributed by atoms with E-state index in [1.807, 2.05) is 12.1 Å². The van der Waals surface area contributed by atoms with Gasteiger partial charge in [0.1, 0.15) is 12.4 Å². The van der Waals surface area contributed by atoms with Crippen LogP contribution in [-0.2, 0) is 24.2 Å². The molecule has 0 aliphatic rings. The summed E-state index contributed by atoms with van der Waals surface area (Å²) >= 11 is 0. The maximum atomic E-state index is 11.3. The van der Waals surface area contributed by atoms with Crippen LogP contribution < -0.4 is 5.32 Å². The van der Waals surface area contributed by atoms with Gasteiger partial charge in [-0.3, -0.25) is 0 Å². The quantitative estimate of drug-likeness (QED) is 0.906. The molecular weight excluding hydrogens is 266 g/mol. The lowest BCUT2D eigenvalue weighted by Crippen LogP contribution is -2.19. The molecule has 2 aromatic rings. The van der Waals surface area contributed by atoms with Gasteiger partial charge in [-0.25, -0.2) is 4.79 Å². The molecule has 0 saturated heterocycles. The summed E-state index contributed by atoms with van der Waals surface area (Å²) < 4.78 is 10.8. The zero-order valence-corrected chi connectivity index (χ0v) is 12.7. The lowest BCUT2D eigenvalue weighted by atomic mass is 9.94. The average Bonchev–Trinajstić information content (AvgIpc) is 3.05. The smallest absolute Gasteiger partial charge is 0.407 e. The molecule has 1 amide bonds. The van der Waals surface area contributed by atoms with Crippen LogP contribution in [0.5, 0.6) is 0 Å². The van der Waals surface area contributed by atoms with Gasteiger partial charge < -0.3 is 14.5 Å². The molecule has 1 heterocycles. The van der Waals surface area contributed by atoms with E-state index in [2.05, 4.69) is 31.3 Å². The summed E-state index contributed by atoms with van der Waals surface area (Å²) in [4.78, 5) is 11.3. The summed E-state index contributed by atoms with van der Waals surface area (Å²) in [5.74, 6) is 0.810. The van der Waals surface area contributed by atoms with Gasteiger partial charge in [-0.05, 0) is 36.1 Å². The number of carbonyl (C=O) groups is 1. The summed E-state index contributed by atoms with van der Waals surface area (Å²) in [6, 6.07) is 8.08. The minimum atomic E-state index is -0.430. The molecule has 1 aromatic carbocycles. The van der Waals surface area contributed by atoms with Crippen molar-refractivity contribution >= 4 is 6.09 Å². The maximum absolute atomic E-state index is 11.3. The SMILES string of the molecule is CCc1cc(CC)c(-c2ccco2)c(COC(=O)NC)c1. The first-order valence-electron chi connectivity index (χ1n) is 7.22. The Labute approximate surface area is 125 Å². The van der Waals surface area contributed by atoms with E-state index in [1.165, 1.54) is 11.1 Å². The molecule has 112 valence electrons. The van der Waals surface area contributed by atoms with Crippen LogP contribution in [0, 0.1) is 0 Å². The number of aryl methyl sites for hydroxylation is 2. The Kier molecular flexibility index (Phi) is 5.04. The minimum Gasteiger partial charge on any atom is -0.464 e. The van der Waals surface area contributed by atoms with E-state index in [9.17, 15) is 4.79 Å². The number of hydrogen-bond acceptors (Lipinski definition) is 3. The van der Waals surface area contributed by atoms with Gasteiger partial charge in [0.15, 0.2) is 0 Å². The van der Waals surface area contributed by atoms with Crippen molar-refractivity contribution in [2.75, 3.05) is 7.05 Å². The predicted octanol–water partition coefficient (Wildman–Crippen LogP) is 3.93. The van der Waals surface area contributed by atoms with E-state index >= 15 is 0 Å². The number of hydrogen-bond donors (Lipinski definition) is 1. The van der Waals surface area contributed by atoms with E-state index in [0.717, 1.165) is 29.7 Å². The van der Waals surface area contributed by atoms with Crippen LogP contribution >= 0.6 is 0 Å². The van der Waals surface area contributed by atoms with Crippen molar-refractivity contribution in [2.24, 2.45) is 0 Å². The highest BCUT2D eigenvalue weighted by Crippen LogP contribution is 2.31. The summed E-state index contributed by atoms with van der Waals surface area (Å²) in [7, 11) is 1.55. The topological polar surface area (TPSA) is 51.5 Å². The van der Waals surface area contributed by atoms with Gasteiger partial charge in [0.2, 0.25) is 0 Å². The van der Waals surface area contributed by atoms with E-state index in [1.54, 1.807) is 13.3 Å². The lowest BCUT2D eigenvalue weighted by Gasteiger charge is -2.15. The molecule has 1 N–H and O–H groups in total. The predicted molar refractivity (Wildman–Crippen MR) is 82.1 cm³/mol. The van der Waals surface area contributed by atoms with Gasteiger partial charge in [0.05, 0.1) is 6.26 Å². The Morgan fingerprint density at radius 2 is 2.00 bits per heavy atom. The number of carbonyl (C=O) groups excluding carboxylic acids is 1. The van der Waals surface area contributed by atoms with Crippen molar-refractivity contribution in [2.45, 2.75) is 33.3 Å². The first-order chi connectivity index (χ1) is 10.2. The largest absolute Gasteiger partial charge is 0.464 e. The van der Waals surface area contributed by atoms with Crippen molar-refractivity contribution in [1.29, 1.82) is 0 Å². The van der Waals surface area contributed by atoms with Crippen molar-refractivity contribution in [3.05, 3.63) is 47.2 Å². The lowest BCUT2D eigenvalue weighted by molar-refractivity contribution is 0.142. The van der Waals surface area contributed by atoms with Crippen molar-refractivity contribution < 1.29 is 13.9 Å². The van der Waals surface area contributed by atoms with Crippen LogP contribution in [0.1, 0.15) is 30.5 Å². The van der Waals surface area contributed by atoms with E-state index < -0.39 is 6.09 Å². The first kappa shape index (κ1) is 15.2. The molecule has 0 aliphatic heterocycles. The highest BCUT2D eigenvalue weighted by Gasteiger charge is 2.15. The number of alkyl carbamates (subject to hydrolysis) is 1. The number of rotatable bonds is 5. The molecule has 0 aliphatic carbocycles. The summed E-state index contributed by atoms with van der Waals surface area (Å²) in [5.41, 5.74) is 4.45. The van der Waals surface area contributed by atoms with Crippen LogP contribution in [0.3, 0.4) is 0 Å². The van der Waals surface area contributed by atoms with Gasteiger partial charge >= 0.3 is 6.09 Å². The number of amides is 1. The fourth-order valence-electron chi connectivity index (χ4n) is 2.39. The number of benzene rings is 1. The molecule has 1 aromatic heterocycles. The molecule has 0 spiro atoms. The van der Waals surface area contributed by atoms with Crippen LogP contribution in [-0.4, -0.2) is 13.1 Å². The molecular formula is C17H21NO3. The van der Waals surface area contributed by atoms with Crippen LogP contribution in [0.15, 0.2) is 34.9 Å². The van der Waals surface area contributed by atoms with Gasteiger partial charge in [0, 0.05) is 18.2 Å². The van der Waals surface area contributed by atoms with Gasteiger partial charge in [-0.1, -0.05) is 26.0 Å². The highest BCUT2D eigenvalue weighted by atomic mass is 16.5. The molecule has 2 rings (SSSR count). The standard InChI is InChI=1S/C17H21NO3/c1-4-12-9-13(5-2)16(15-7-6-8-20-15)14(10-12)11-21-17(19)18-3/h6-10H,4-5,11H2,1-3H3,(H,18,19). The summed E-state index contributed by atoms with van der Waals surface area (Å²) in [6.07, 6.45) is 3.07.